The summed E-state index contributed by atoms with van der Waals surface area (Å²) in [5.41, 5.74) is 0. The van der Waals surface area contributed by atoms with Crippen LogP contribution in [0.1, 0.15) is 0 Å². The Morgan fingerprint density at radius 3 is 2.40 bits per heavy atom. The van der Waals surface area contributed by atoms with Crippen LogP contribution in [0, 0.1) is 0 Å². The molecule has 0 aliphatic carbocycles. The van der Waals surface area contributed by atoms with Crippen LogP contribution in [0.2, 0.25) is 5.02 Å². The molecule has 78 valence electrons. The molecule has 0 aromatic heterocycles. The second kappa shape index (κ2) is 3.48. The van der Waals surface area contributed by atoms with Gasteiger partial charge in [-0.2, -0.15) is 8.42 Å². The molecule has 2 rings (SSSR count). The lowest BCUT2D eigenvalue weighted by atomic mass is 10.1. The maximum absolute atomic E-state index is 11.0. The molecule has 15 heavy (non-hydrogen) atoms. The Balaban J connectivity index is 2.88. The molecule has 0 amide bonds. The molecule has 0 aliphatic rings. The van der Waals surface area contributed by atoms with E-state index >= 15 is 0 Å². The summed E-state index contributed by atoms with van der Waals surface area (Å²) < 4.78 is 30.9. The van der Waals surface area contributed by atoms with Crippen molar-refractivity contribution in [3.63, 3.8) is 0 Å². The van der Waals surface area contributed by atoms with Gasteiger partial charge >= 0.3 is 0 Å². The quantitative estimate of drug-likeness (QED) is 0.783. The van der Waals surface area contributed by atoms with Crippen LogP contribution in [0.3, 0.4) is 0 Å². The summed E-state index contributed by atoms with van der Waals surface area (Å²) in [5, 5.41) is 1.49. The highest BCUT2D eigenvalue weighted by molar-refractivity contribution is 7.86. The number of hydrogen-bond donors (Lipinski definition) is 1. The average Bonchev–Trinajstić information content (AvgIpc) is 2.16. The molecule has 0 aliphatic heterocycles. The largest absolute Gasteiger partial charge is 0.296 e. The van der Waals surface area contributed by atoms with E-state index in [2.05, 4.69) is 0 Å². The Labute approximate surface area is 92.0 Å². The van der Waals surface area contributed by atoms with Crippen LogP contribution in [0.4, 0.5) is 0 Å². The molecule has 0 heterocycles. The molecule has 0 fully saturated rings. The molecule has 0 saturated heterocycles. The van der Waals surface area contributed by atoms with Crippen molar-refractivity contribution < 1.29 is 13.0 Å². The Bertz CT molecular complexity index is 620. The van der Waals surface area contributed by atoms with Crippen molar-refractivity contribution in [2.75, 3.05) is 0 Å². The molecule has 0 radical (unpaired) electrons. The Kier molecular flexibility index (Phi) is 2.42. The monoisotopic (exact) mass is 242 g/mol. The van der Waals surface area contributed by atoms with Crippen molar-refractivity contribution in [1.82, 2.24) is 0 Å². The first-order valence-corrected chi connectivity index (χ1v) is 5.97. The molecular formula is C10H7ClO3S. The van der Waals surface area contributed by atoms with Crippen molar-refractivity contribution in [2.45, 2.75) is 4.90 Å². The van der Waals surface area contributed by atoms with E-state index in [1.165, 1.54) is 6.07 Å². The lowest BCUT2D eigenvalue weighted by Crippen LogP contribution is -1.98. The van der Waals surface area contributed by atoms with E-state index in [0.29, 0.717) is 5.39 Å². The van der Waals surface area contributed by atoms with E-state index in [4.69, 9.17) is 16.2 Å². The lowest BCUT2D eigenvalue weighted by molar-refractivity contribution is 0.483. The molecule has 0 spiro atoms. The van der Waals surface area contributed by atoms with E-state index in [-0.39, 0.29) is 9.92 Å². The molecule has 2 aromatic carbocycles. The van der Waals surface area contributed by atoms with Crippen LogP contribution in [-0.2, 0) is 10.1 Å². The topological polar surface area (TPSA) is 54.4 Å². The molecule has 0 saturated carbocycles. The Hall–Kier alpha value is -1.10. The van der Waals surface area contributed by atoms with Crippen LogP contribution in [-0.4, -0.2) is 13.0 Å². The van der Waals surface area contributed by atoms with Gasteiger partial charge < -0.3 is 0 Å². The minimum atomic E-state index is -4.26. The molecule has 5 heteroatoms. The molecular weight excluding hydrogens is 236 g/mol. The number of hydrogen-bond acceptors (Lipinski definition) is 2. The third-order valence-corrected chi connectivity index (χ3v) is 3.52. The van der Waals surface area contributed by atoms with Gasteiger partial charge in [0, 0.05) is 5.39 Å². The molecule has 1 N–H and O–H groups in total. The van der Waals surface area contributed by atoms with Gasteiger partial charge in [-0.1, -0.05) is 41.9 Å². The van der Waals surface area contributed by atoms with Gasteiger partial charge in [-0.25, -0.2) is 0 Å². The van der Waals surface area contributed by atoms with Gasteiger partial charge in [0.15, 0.2) is 0 Å². The first kappa shape index (κ1) is 10.4. The highest BCUT2D eigenvalue weighted by Gasteiger charge is 2.15. The van der Waals surface area contributed by atoms with E-state index in [9.17, 15) is 8.42 Å². The molecule has 0 unspecified atom stereocenters. The summed E-state index contributed by atoms with van der Waals surface area (Å²) in [5.74, 6) is 0. The van der Waals surface area contributed by atoms with E-state index < -0.39 is 10.1 Å². The zero-order chi connectivity index (χ0) is 11.1. The van der Waals surface area contributed by atoms with Gasteiger partial charge in [0.25, 0.3) is 10.1 Å². The van der Waals surface area contributed by atoms with Gasteiger partial charge in [0.1, 0.15) is 4.90 Å². The summed E-state index contributed by atoms with van der Waals surface area (Å²) in [6, 6.07) is 9.99. The van der Waals surface area contributed by atoms with E-state index in [1.54, 1.807) is 18.2 Å². The first-order chi connectivity index (χ1) is 7.00. The van der Waals surface area contributed by atoms with Crippen LogP contribution >= 0.6 is 11.6 Å². The SMILES string of the molecule is O=S(=O)(O)c1ccc2ccccc2c1Cl. The summed E-state index contributed by atoms with van der Waals surface area (Å²) in [6.45, 7) is 0. The van der Waals surface area contributed by atoms with E-state index in [1.807, 2.05) is 12.1 Å². The van der Waals surface area contributed by atoms with Gasteiger partial charge in [0.2, 0.25) is 0 Å². The Morgan fingerprint density at radius 2 is 1.73 bits per heavy atom. The van der Waals surface area contributed by atoms with Crippen molar-refractivity contribution in [2.24, 2.45) is 0 Å². The number of fused-ring (bicyclic) bond motifs is 1. The van der Waals surface area contributed by atoms with Crippen molar-refractivity contribution in [3.8, 4) is 0 Å². The summed E-state index contributed by atoms with van der Waals surface area (Å²) in [4.78, 5) is -0.261. The normalized spacial score (nSPS) is 11.9. The lowest BCUT2D eigenvalue weighted by Gasteiger charge is -2.04. The Morgan fingerprint density at radius 1 is 1.07 bits per heavy atom. The van der Waals surface area contributed by atoms with Crippen LogP contribution in [0.25, 0.3) is 10.8 Å². The number of rotatable bonds is 1. The van der Waals surface area contributed by atoms with E-state index in [0.717, 1.165) is 5.39 Å². The highest BCUT2D eigenvalue weighted by atomic mass is 35.5. The summed E-state index contributed by atoms with van der Waals surface area (Å²) in [7, 11) is -4.26. The second-order valence-corrected chi connectivity index (χ2v) is 4.84. The molecule has 0 atom stereocenters. The number of halogens is 1. The smallest absolute Gasteiger partial charge is 0.282 e. The predicted octanol–water partition coefficient (Wildman–Crippen LogP) is 2.74. The standard InChI is InChI=1S/C10H7ClO3S/c11-10-8-4-2-1-3-7(8)5-6-9(10)15(12,13)14/h1-6H,(H,12,13,14). The minimum absolute atomic E-state index is 0.0515. The molecule has 2 aromatic rings. The fourth-order valence-corrected chi connectivity index (χ4v) is 2.52. The number of benzene rings is 2. The van der Waals surface area contributed by atoms with Gasteiger partial charge in [-0.15, -0.1) is 0 Å². The summed E-state index contributed by atoms with van der Waals surface area (Å²) in [6.07, 6.45) is 0. The average molecular weight is 243 g/mol. The molecule has 3 nitrogen and oxygen atoms in total. The first-order valence-electron chi connectivity index (χ1n) is 4.15. The zero-order valence-corrected chi connectivity index (χ0v) is 9.09. The van der Waals surface area contributed by atoms with Gasteiger partial charge in [0.05, 0.1) is 5.02 Å². The van der Waals surface area contributed by atoms with Gasteiger partial charge in [-0.05, 0) is 11.5 Å². The molecule has 0 bridgehead atoms. The predicted molar refractivity (Wildman–Crippen MR) is 58.8 cm³/mol. The summed E-state index contributed by atoms with van der Waals surface area (Å²) >= 11 is 5.89. The maximum atomic E-state index is 11.0. The van der Waals surface area contributed by atoms with Crippen molar-refractivity contribution >= 4 is 32.5 Å². The van der Waals surface area contributed by atoms with Crippen LogP contribution < -0.4 is 0 Å². The third-order valence-electron chi connectivity index (χ3n) is 2.11. The third kappa shape index (κ3) is 1.84. The zero-order valence-electron chi connectivity index (χ0n) is 7.51. The fraction of sp³-hybridized carbons (Fsp3) is 0. The van der Waals surface area contributed by atoms with Crippen molar-refractivity contribution in [3.05, 3.63) is 41.4 Å². The maximum Gasteiger partial charge on any atom is 0.296 e. The van der Waals surface area contributed by atoms with Gasteiger partial charge in [-0.3, -0.25) is 4.55 Å². The highest BCUT2D eigenvalue weighted by Crippen LogP contribution is 2.29. The van der Waals surface area contributed by atoms with Crippen LogP contribution in [0.5, 0.6) is 0 Å². The van der Waals surface area contributed by atoms with Crippen molar-refractivity contribution in [1.29, 1.82) is 0 Å². The van der Waals surface area contributed by atoms with Crippen LogP contribution in [0.15, 0.2) is 41.3 Å². The fourth-order valence-electron chi connectivity index (χ4n) is 1.41. The minimum Gasteiger partial charge on any atom is -0.282 e. The second-order valence-electron chi connectivity index (χ2n) is 3.07.